The number of nitrogens with zero attached hydrogens (tertiary/aromatic N) is 2. The number of aromatic nitrogens is 2. The molecule has 0 bridgehead atoms. The first-order valence-electron chi connectivity index (χ1n) is 7.68. The van der Waals surface area contributed by atoms with Crippen molar-refractivity contribution in [3.05, 3.63) is 44.6 Å². The zero-order valence-electron chi connectivity index (χ0n) is 12.6. The quantitative estimate of drug-likeness (QED) is 0.909. The number of benzene rings is 1. The summed E-state index contributed by atoms with van der Waals surface area (Å²) in [7, 11) is 0. The molecule has 3 rings (SSSR count). The first-order valence-corrected chi connectivity index (χ1v) is 7.68. The lowest BCUT2D eigenvalue weighted by atomic mass is 10.1. The molecule has 0 spiro atoms. The Labute approximate surface area is 127 Å². The summed E-state index contributed by atoms with van der Waals surface area (Å²) in [6.45, 7) is 3.60. The number of aromatic amines is 1. The van der Waals surface area contributed by atoms with E-state index in [4.69, 9.17) is 0 Å². The van der Waals surface area contributed by atoms with Crippen LogP contribution in [0.1, 0.15) is 36.5 Å². The van der Waals surface area contributed by atoms with E-state index in [0.717, 1.165) is 36.9 Å². The van der Waals surface area contributed by atoms with Gasteiger partial charge in [-0.1, -0.05) is 0 Å². The summed E-state index contributed by atoms with van der Waals surface area (Å²) in [6, 6.07) is 4.89. The molecule has 0 saturated carbocycles. The van der Waals surface area contributed by atoms with Gasteiger partial charge in [-0.05, 0) is 44.4 Å². The Kier molecular flexibility index (Phi) is 3.83. The van der Waals surface area contributed by atoms with Gasteiger partial charge >= 0.3 is 5.69 Å². The fourth-order valence-electron chi connectivity index (χ4n) is 2.95. The van der Waals surface area contributed by atoms with E-state index in [9.17, 15) is 14.4 Å². The van der Waals surface area contributed by atoms with Crippen LogP contribution in [-0.4, -0.2) is 33.4 Å². The zero-order chi connectivity index (χ0) is 15.7. The number of carbonyl (C=O) groups excluding carboxylic acids is 1. The Bertz CT molecular complexity index is 829. The first-order chi connectivity index (χ1) is 10.6. The molecular weight excluding hydrogens is 282 g/mol. The number of nitrogens with one attached hydrogen (secondary N) is 1. The molecule has 0 atom stereocenters. The van der Waals surface area contributed by atoms with Gasteiger partial charge in [0, 0.05) is 25.2 Å². The molecule has 1 aromatic heterocycles. The summed E-state index contributed by atoms with van der Waals surface area (Å²) in [5.74, 6) is -0.0397. The van der Waals surface area contributed by atoms with Crippen molar-refractivity contribution >= 4 is 16.8 Å². The Morgan fingerprint density at radius 2 is 1.91 bits per heavy atom. The molecule has 2 heterocycles. The summed E-state index contributed by atoms with van der Waals surface area (Å²) < 4.78 is 1.15. The lowest BCUT2D eigenvalue weighted by Crippen LogP contribution is -2.36. The van der Waals surface area contributed by atoms with Gasteiger partial charge in [0.05, 0.1) is 10.9 Å². The van der Waals surface area contributed by atoms with Gasteiger partial charge in [0.25, 0.3) is 11.5 Å². The molecule has 0 radical (unpaired) electrons. The molecule has 1 fully saturated rings. The van der Waals surface area contributed by atoms with Crippen molar-refractivity contribution in [1.29, 1.82) is 0 Å². The third-order valence-electron chi connectivity index (χ3n) is 4.19. The van der Waals surface area contributed by atoms with Crippen molar-refractivity contribution in [2.75, 3.05) is 13.1 Å². The van der Waals surface area contributed by atoms with Crippen LogP contribution in [0.2, 0.25) is 0 Å². The topological polar surface area (TPSA) is 75.2 Å². The van der Waals surface area contributed by atoms with Crippen LogP contribution in [0.15, 0.2) is 27.8 Å². The maximum Gasteiger partial charge on any atom is 0.328 e. The zero-order valence-corrected chi connectivity index (χ0v) is 12.6. The lowest BCUT2D eigenvalue weighted by Gasteiger charge is -2.26. The Hall–Kier alpha value is -2.37. The van der Waals surface area contributed by atoms with E-state index in [0.29, 0.717) is 23.0 Å². The van der Waals surface area contributed by atoms with Gasteiger partial charge in [-0.3, -0.25) is 14.2 Å². The van der Waals surface area contributed by atoms with Gasteiger partial charge in [-0.2, -0.15) is 0 Å². The van der Waals surface area contributed by atoms with Crippen LogP contribution >= 0.6 is 0 Å². The van der Waals surface area contributed by atoms with Crippen LogP contribution in [0.4, 0.5) is 0 Å². The van der Waals surface area contributed by atoms with Gasteiger partial charge in [0.1, 0.15) is 0 Å². The van der Waals surface area contributed by atoms with Crippen LogP contribution in [0.5, 0.6) is 0 Å². The highest BCUT2D eigenvalue weighted by Gasteiger charge is 2.19. The molecule has 116 valence electrons. The number of rotatable bonds is 2. The van der Waals surface area contributed by atoms with E-state index in [1.165, 1.54) is 0 Å². The maximum atomic E-state index is 12.5. The van der Waals surface area contributed by atoms with E-state index < -0.39 is 5.69 Å². The Morgan fingerprint density at radius 3 is 2.59 bits per heavy atom. The number of piperidine rings is 1. The van der Waals surface area contributed by atoms with Crippen molar-refractivity contribution < 1.29 is 4.79 Å². The van der Waals surface area contributed by atoms with Gasteiger partial charge in [0.15, 0.2) is 0 Å². The average Bonchev–Trinajstić information content (AvgIpc) is 2.55. The predicted molar refractivity (Wildman–Crippen MR) is 84.3 cm³/mol. The number of H-pyrrole nitrogens is 1. The van der Waals surface area contributed by atoms with Crippen molar-refractivity contribution in [2.24, 2.45) is 0 Å². The number of carbonyl (C=O) groups is 1. The third-order valence-corrected chi connectivity index (χ3v) is 4.19. The first kappa shape index (κ1) is 14.6. The molecular formula is C16H19N3O3. The van der Waals surface area contributed by atoms with E-state index >= 15 is 0 Å². The number of amides is 1. The normalized spacial score (nSPS) is 15.2. The largest absolute Gasteiger partial charge is 0.339 e. The van der Waals surface area contributed by atoms with Gasteiger partial charge in [0.2, 0.25) is 0 Å². The molecule has 6 heteroatoms. The van der Waals surface area contributed by atoms with Crippen LogP contribution in [-0.2, 0) is 6.54 Å². The molecule has 1 N–H and O–H groups in total. The van der Waals surface area contributed by atoms with E-state index in [2.05, 4.69) is 4.98 Å². The smallest absolute Gasteiger partial charge is 0.328 e. The minimum Gasteiger partial charge on any atom is -0.339 e. The van der Waals surface area contributed by atoms with Crippen molar-refractivity contribution in [1.82, 2.24) is 14.5 Å². The van der Waals surface area contributed by atoms with Crippen LogP contribution < -0.4 is 11.2 Å². The van der Waals surface area contributed by atoms with Crippen LogP contribution in [0.3, 0.4) is 0 Å². The maximum absolute atomic E-state index is 12.5. The molecule has 1 saturated heterocycles. The second kappa shape index (κ2) is 5.79. The van der Waals surface area contributed by atoms with Crippen molar-refractivity contribution in [3.8, 4) is 0 Å². The molecule has 2 aromatic rings. The monoisotopic (exact) mass is 301 g/mol. The highest BCUT2D eigenvalue weighted by Crippen LogP contribution is 2.15. The molecule has 1 aliphatic rings. The minimum atomic E-state index is -0.442. The summed E-state index contributed by atoms with van der Waals surface area (Å²) in [5, 5.41) is 0.427. The van der Waals surface area contributed by atoms with Crippen LogP contribution in [0.25, 0.3) is 10.9 Å². The van der Waals surface area contributed by atoms with E-state index in [1.54, 1.807) is 25.1 Å². The summed E-state index contributed by atoms with van der Waals surface area (Å²) in [4.78, 5) is 41.1. The second-order valence-corrected chi connectivity index (χ2v) is 5.59. The molecule has 6 nitrogen and oxygen atoms in total. The third kappa shape index (κ3) is 2.45. The Morgan fingerprint density at radius 1 is 1.18 bits per heavy atom. The SMILES string of the molecule is CCn1c(=O)[nH]c2cc(C(=O)N3CCCCC3)ccc2c1=O. The number of likely N-dealkylation sites (tertiary alicyclic amines) is 1. The van der Waals surface area contributed by atoms with Gasteiger partial charge in [-0.25, -0.2) is 4.79 Å². The van der Waals surface area contributed by atoms with E-state index in [-0.39, 0.29) is 11.5 Å². The number of hydrogen-bond acceptors (Lipinski definition) is 3. The highest BCUT2D eigenvalue weighted by atomic mass is 16.2. The van der Waals surface area contributed by atoms with Gasteiger partial charge in [-0.15, -0.1) is 0 Å². The molecule has 0 aliphatic carbocycles. The number of fused-ring (bicyclic) bond motifs is 1. The molecule has 0 unspecified atom stereocenters. The summed E-state index contributed by atoms with van der Waals surface area (Å²) >= 11 is 0. The van der Waals surface area contributed by atoms with E-state index in [1.807, 2.05) is 4.90 Å². The lowest BCUT2D eigenvalue weighted by molar-refractivity contribution is 0.0724. The van der Waals surface area contributed by atoms with Gasteiger partial charge < -0.3 is 9.88 Å². The second-order valence-electron chi connectivity index (χ2n) is 5.59. The summed E-state index contributed by atoms with van der Waals surface area (Å²) in [5.41, 5.74) is 0.169. The predicted octanol–water partition coefficient (Wildman–Crippen LogP) is 1.34. The molecule has 1 aromatic carbocycles. The fraction of sp³-hybridized carbons (Fsp3) is 0.438. The average molecular weight is 301 g/mol. The molecule has 1 aliphatic heterocycles. The highest BCUT2D eigenvalue weighted by molar-refractivity contribution is 5.97. The molecule has 1 amide bonds. The standard InChI is InChI=1S/C16H19N3O3/c1-2-19-15(21)12-7-6-11(10-13(12)17-16(19)22)14(20)18-8-4-3-5-9-18/h6-7,10H,2-5,8-9H2,1H3,(H,17,22). The molecule has 22 heavy (non-hydrogen) atoms. The van der Waals surface area contributed by atoms with Crippen molar-refractivity contribution in [2.45, 2.75) is 32.7 Å². The van der Waals surface area contributed by atoms with Crippen LogP contribution in [0, 0.1) is 0 Å². The minimum absolute atomic E-state index is 0.0397. The number of hydrogen-bond donors (Lipinski definition) is 1. The summed E-state index contributed by atoms with van der Waals surface area (Å²) in [6.07, 6.45) is 3.21. The fourth-order valence-corrected chi connectivity index (χ4v) is 2.95. The Balaban J connectivity index is 2.05. The van der Waals surface area contributed by atoms with Crippen molar-refractivity contribution in [3.63, 3.8) is 0 Å².